The molecule has 0 radical (unpaired) electrons. The van der Waals surface area contributed by atoms with Crippen LogP contribution in [0.15, 0.2) is 47.4 Å². The van der Waals surface area contributed by atoms with Gasteiger partial charge in [-0.15, -0.1) is 11.8 Å². The number of benzene rings is 2. The summed E-state index contributed by atoms with van der Waals surface area (Å²) in [6.07, 6.45) is 2.54. The van der Waals surface area contributed by atoms with Crippen molar-refractivity contribution in [2.24, 2.45) is 0 Å². The predicted molar refractivity (Wildman–Crippen MR) is 77.8 cm³/mol. The zero-order valence-electron chi connectivity index (χ0n) is 10.3. The Kier molecular flexibility index (Phi) is 4.89. The minimum absolute atomic E-state index is 1.12. The maximum absolute atomic E-state index is 3.18. The first kappa shape index (κ1) is 12.5. The van der Waals surface area contributed by atoms with E-state index in [1.165, 1.54) is 34.3 Å². The van der Waals surface area contributed by atoms with Gasteiger partial charge in [-0.1, -0.05) is 30.3 Å². The number of rotatable bonds is 6. The van der Waals surface area contributed by atoms with E-state index < -0.39 is 0 Å². The van der Waals surface area contributed by atoms with Crippen LogP contribution in [0.1, 0.15) is 12.8 Å². The average molecular weight is 245 g/mol. The smallest absolute Gasteiger partial charge is 0.00783 e. The van der Waals surface area contributed by atoms with Crippen LogP contribution in [0.5, 0.6) is 0 Å². The molecule has 0 unspecified atom stereocenters. The Bertz CT molecular complexity index is 467. The van der Waals surface area contributed by atoms with Crippen LogP contribution in [0.25, 0.3) is 10.8 Å². The molecular weight excluding hydrogens is 226 g/mol. The number of unbranched alkanes of at least 4 members (excludes halogenated alkanes) is 1. The lowest BCUT2D eigenvalue weighted by atomic mass is 10.1. The molecule has 0 fully saturated rings. The fourth-order valence-electron chi connectivity index (χ4n) is 1.85. The highest BCUT2D eigenvalue weighted by molar-refractivity contribution is 7.99. The lowest BCUT2D eigenvalue weighted by Gasteiger charge is -2.04. The van der Waals surface area contributed by atoms with Crippen LogP contribution in [-0.2, 0) is 0 Å². The third-order valence-electron chi connectivity index (χ3n) is 2.81. The highest BCUT2D eigenvalue weighted by Gasteiger charge is 1.97. The van der Waals surface area contributed by atoms with Crippen molar-refractivity contribution in [2.75, 3.05) is 19.3 Å². The minimum Gasteiger partial charge on any atom is -0.320 e. The fraction of sp³-hybridized carbons (Fsp3) is 0.333. The Hall–Kier alpha value is -0.990. The molecule has 2 rings (SSSR count). The van der Waals surface area contributed by atoms with Crippen molar-refractivity contribution in [1.29, 1.82) is 0 Å². The molecule has 0 aliphatic rings. The maximum Gasteiger partial charge on any atom is 0.00783 e. The Morgan fingerprint density at radius 1 is 1.00 bits per heavy atom. The van der Waals surface area contributed by atoms with E-state index in [2.05, 4.69) is 47.8 Å². The summed E-state index contributed by atoms with van der Waals surface area (Å²) in [5.41, 5.74) is 0. The van der Waals surface area contributed by atoms with Crippen LogP contribution in [0, 0.1) is 0 Å². The standard InChI is InChI=1S/C15H19NS/c1-16-10-4-5-11-17-15-9-8-13-6-2-3-7-14(13)12-15/h2-3,6-9,12,16H,4-5,10-11H2,1H3. The Morgan fingerprint density at radius 2 is 1.82 bits per heavy atom. The Labute approximate surface area is 108 Å². The summed E-state index contributed by atoms with van der Waals surface area (Å²) in [5.74, 6) is 1.21. The van der Waals surface area contributed by atoms with Crippen LogP contribution < -0.4 is 5.32 Å². The van der Waals surface area contributed by atoms with Crippen molar-refractivity contribution in [3.63, 3.8) is 0 Å². The van der Waals surface area contributed by atoms with Gasteiger partial charge in [0.1, 0.15) is 0 Å². The predicted octanol–water partition coefficient (Wildman–Crippen LogP) is 3.93. The SMILES string of the molecule is CNCCCCSc1ccc2ccccc2c1. The zero-order valence-corrected chi connectivity index (χ0v) is 11.1. The second kappa shape index (κ2) is 6.67. The van der Waals surface area contributed by atoms with E-state index >= 15 is 0 Å². The summed E-state index contributed by atoms with van der Waals surface area (Å²) in [6.45, 7) is 1.12. The third-order valence-corrected chi connectivity index (χ3v) is 3.89. The van der Waals surface area contributed by atoms with Crippen molar-refractivity contribution < 1.29 is 0 Å². The molecule has 0 aliphatic heterocycles. The van der Waals surface area contributed by atoms with Crippen molar-refractivity contribution >= 4 is 22.5 Å². The highest BCUT2D eigenvalue weighted by Crippen LogP contribution is 2.24. The first-order chi connectivity index (χ1) is 8.40. The molecule has 0 saturated carbocycles. The second-order valence-electron chi connectivity index (χ2n) is 4.17. The molecule has 0 aliphatic carbocycles. The molecule has 1 N–H and O–H groups in total. The molecule has 17 heavy (non-hydrogen) atoms. The van der Waals surface area contributed by atoms with Gasteiger partial charge in [-0.25, -0.2) is 0 Å². The molecule has 2 heteroatoms. The number of fused-ring (bicyclic) bond motifs is 1. The van der Waals surface area contributed by atoms with E-state index in [1.807, 2.05) is 18.8 Å². The summed E-state index contributed by atoms with van der Waals surface area (Å²) < 4.78 is 0. The molecule has 0 aromatic heterocycles. The normalized spacial score (nSPS) is 10.9. The summed E-state index contributed by atoms with van der Waals surface area (Å²) in [4.78, 5) is 1.38. The van der Waals surface area contributed by atoms with Gasteiger partial charge < -0.3 is 5.32 Å². The molecule has 0 bridgehead atoms. The summed E-state index contributed by atoms with van der Waals surface area (Å²) in [5, 5.41) is 5.85. The molecule has 0 spiro atoms. The van der Waals surface area contributed by atoms with Gasteiger partial charge in [0, 0.05) is 4.90 Å². The number of nitrogens with one attached hydrogen (secondary N) is 1. The molecule has 2 aromatic carbocycles. The van der Waals surface area contributed by atoms with Crippen molar-refractivity contribution in [1.82, 2.24) is 5.32 Å². The molecule has 0 amide bonds. The first-order valence-electron chi connectivity index (χ1n) is 6.16. The van der Waals surface area contributed by atoms with E-state index in [4.69, 9.17) is 0 Å². The van der Waals surface area contributed by atoms with E-state index in [0.29, 0.717) is 0 Å². The minimum atomic E-state index is 1.12. The van der Waals surface area contributed by atoms with Crippen LogP contribution in [0.2, 0.25) is 0 Å². The largest absolute Gasteiger partial charge is 0.320 e. The van der Waals surface area contributed by atoms with Gasteiger partial charge in [0.15, 0.2) is 0 Å². The van der Waals surface area contributed by atoms with E-state index in [9.17, 15) is 0 Å². The van der Waals surface area contributed by atoms with Gasteiger partial charge in [-0.05, 0) is 55.1 Å². The van der Waals surface area contributed by atoms with Crippen molar-refractivity contribution in [2.45, 2.75) is 17.7 Å². The van der Waals surface area contributed by atoms with Crippen LogP contribution in [0.4, 0.5) is 0 Å². The molecule has 90 valence electrons. The van der Waals surface area contributed by atoms with Crippen LogP contribution in [-0.4, -0.2) is 19.3 Å². The number of thioether (sulfide) groups is 1. The lowest BCUT2D eigenvalue weighted by Crippen LogP contribution is -2.07. The maximum atomic E-state index is 3.18. The third kappa shape index (κ3) is 3.76. The zero-order chi connectivity index (χ0) is 11.9. The number of hydrogen-bond donors (Lipinski definition) is 1. The van der Waals surface area contributed by atoms with Crippen molar-refractivity contribution in [3.8, 4) is 0 Å². The molecule has 2 aromatic rings. The van der Waals surface area contributed by atoms with E-state index in [0.717, 1.165) is 6.54 Å². The van der Waals surface area contributed by atoms with Crippen LogP contribution >= 0.6 is 11.8 Å². The van der Waals surface area contributed by atoms with Gasteiger partial charge in [-0.2, -0.15) is 0 Å². The lowest BCUT2D eigenvalue weighted by molar-refractivity contribution is 0.715. The molecular formula is C15H19NS. The monoisotopic (exact) mass is 245 g/mol. The summed E-state index contributed by atoms with van der Waals surface area (Å²) in [7, 11) is 2.01. The first-order valence-corrected chi connectivity index (χ1v) is 7.15. The quantitative estimate of drug-likeness (QED) is 0.611. The van der Waals surface area contributed by atoms with Gasteiger partial charge >= 0.3 is 0 Å². The van der Waals surface area contributed by atoms with Gasteiger partial charge in [0.25, 0.3) is 0 Å². The van der Waals surface area contributed by atoms with Crippen molar-refractivity contribution in [3.05, 3.63) is 42.5 Å². The molecule has 0 heterocycles. The molecule has 0 saturated heterocycles. The Morgan fingerprint density at radius 3 is 2.65 bits per heavy atom. The van der Waals surface area contributed by atoms with E-state index in [-0.39, 0.29) is 0 Å². The van der Waals surface area contributed by atoms with E-state index in [1.54, 1.807) is 0 Å². The molecule has 0 atom stereocenters. The fourth-order valence-corrected chi connectivity index (χ4v) is 2.81. The topological polar surface area (TPSA) is 12.0 Å². The van der Waals surface area contributed by atoms with Gasteiger partial charge in [0.05, 0.1) is 0 Å². The highest BCUT2D eigenvalue weighted by atomic mass is 32.2. The number of hydrogen-bond acceptors (Lipinski definition) is 2. The average Bonchev–Trinajstić information content (AvgIpc) is 2.38. The molecule has 1 nitrogen and oxygen atoms in total. The van der Waals surface area contributed by atoms with Gasteiger partial charge in [-0.3, -0.25) is 0 Å². The van der Waals surface area contributed by atoms with Crippen LogP contribution in [0.3, 0.4) is 0 Å². The Balaban J connectivity index is 1.90. The van der Waals surface area contributed by atoms with Gasteiger partial charge in [0.2, 0.25) is 0 Å². The second-order valence-corrected chi connectivity index (χ2v) is 5.34. The summed E-state index contributed by atoms with van der Waals surface area (Å²) >= 11 is 1.96. The summed E-state index contributed by atoms with van der Waals surface area (Å²) in [6, 6.07) is 15.3.